The number of amides is 1. The normalized spacial score (nSPS) is 16.1. The van der Waals surface area contributed by atoms with Gasteiger partial charge in [-0.1, -0.05) is 35.0 Å². The van der Waals surface area contributed by atoms with Crippen molar-refractivity contribution in [1.29, 1.82) is 0 Å². The van der Waals surface area contributed by atoms with Crippen LogP contribution in [0, 0.1) is 25.5 Å². The number of hydrogen-bond acceptors (Lipinski definition) is 5. The Hall–Kier alpha value is -3.95. The molecule has 4 aromatic rings. The number of halogens is 2. The molecule has 5 rings (SSSR count). The van der Waals surface area contributed by atoms with Crippen molar-refractivity contribution in [3.63, 3.8) is 0 Å². The number of hydrogen-bond donors (Lipinski definition) is 1. The van der Waals surface area contributed by atoms with Crippen LogP contribution < -0.4 is 5.56 Å². The Kier molecular flexibility index (Phi) is 5.88. The summed E-state index contributed by atoms with van der Waals surface area (Å²) < 4.78 is 30.0. The summed E-state index contributed by atoms with van der Waals surface area (Å²) in [5.41, 5.74) is 2.75. The van der Waals surface area contributed by atoms with Crippen LogP contribution in [-0.2, 0) is 6.54 Å². The molecule has 2 aromatic carbocycles. The molecule has 2 aromatic heterocycles. The Morgan fingerprint density at radius 1 is 1.17 bits per heavy atom. The first kappa shape index (κ1) is 22.8. The predicted molar refractivity (Wildman–Crippen MR) is 125 cm³/mol. The molecule has 0 aliphatic carbocycles. The summed E-state index contributed by atoms with van der Waals surface area (Å²) in [5.74, 6) is -2.41. The number of H-pyrrole nitrogens is 1. The highest BCUT2D eigenvalue weighted by Crippen LogP contribution is 2.27. The van der Waals surface area contributed by atoms with Gasteiger partial charge in [0.1, 0.15) is 23.0 Å². The predicted octanol–water partition coefficient (Wildman–Crippen LogP) is 3.48. The zero-order chi connectivity index (χ0) is 24.7. The van der Waals surface area contributed by atoms with E-state index in [9.17, 15) is 18.4 Å². The minimum atomic E-state index is -0.897. The fourth-order valence-electron chi connectivity index (χ4n) is 4.56. The Balaban J connectivity index is 1.45. The van der Waals surface area contributed by atoms with E-state index in [1.54, 1.807) is 4.68 Å². The van der Waals surface area contributed by atoms with Crippen molar-refractivity contribution in [1.82, 2.24) is 29.9 Å². The smallest absolute Gasteiger partial charge is 0.281 e. The van der Waals surface area contributed by atoms with E-state index in [0.717, 1.165) is 28.8 Å². The van der Waals surface area contributed by atoms with Gasteiger partial charge in [-0.3, -0.25) is 9.59 Å². The topological polar surface area (TPSA) is 96.8 Å². The average Bonchev–Trinajstić information content (AvgIpc) is 3.24. The first-order chi connectivity index (χ1) is 16.8. The van der Waals surface area contributed by atoms with Gasteiger partial charge in [-0.05, 0) is 49.9 Å². The van der Waals surface area contributed by atoms with Crippen molar-refractivity contribution in [2.45, 2.75) is 39.2 Å². The van der Waals surface area contributed by atoms with Gasteiger partial charge in [-0.2, -0.15) is 0 Å². The number of carbonyl (C=O) groups excluding carboxylic acids is 1. The number of nitrogens with zero attached hydrogens (tertiary/aromatic N) is 5. The van der Waals surface area contributed by atoms with Gasteiger partial charge < -0.3 is 9.88 Å². The lowest BCUT2D eigenvalue weighted by atomic mass is 9.96. The molecular weight excluding hydrogens is 454 g/mol. The minimum Gasteiger partial charge on any atom is -0.338 e. The zero-order valence-corrected chi connectivity index (χ0v) is 19.4. The van der Waals surface area contributed by atoms with Gasteiger partial charge in [0.05, 0.1) is 6.54 Å². The molecule has 180 valence electrons. The van der Waals surface area contributed by atoms with Crippen molar-refractivity contribution in [2.75, 3.05) is 13.1 Å². The maximum Gasteiger partial charge on any atom is 0.281 e. The molecule has 35 heavy (non-hydrogen) atoms. The number of benzene rings is 2. The molecule has 1 N–H and O–H groups in total. The first-order valence-corrected chi connectivity index (χ1v) is 11.4. The molecule has 0 saturated carbocycles. The van der Waals surface area contributed by atoms with Crippen molar-refractivity contribution >= 4 is 17.1 Å². The van der Waals surface area contributed by atoms with Crippen LogP contribution in [0.1, 0.15) is 51.6 Å². The van der Waals surface area contributed by atoms with Gasteiger partial charge in [0.2, 0.25) is 0 Å². The van der Waals surface area contributed by atoms with E-state index in [1.165, 1.54) is 11.0 Å². The van der Waals surface area contributed by atoms with Gasteiger partial charge in [0.15, 0.2) is 11.2 Å². The van der Waals surface area contributed by atoms with E-state index in [4.69, 9.17) is 0 Å². The van der Waals surface area contributed by atoms with E-state index >= 15 is 0 Å². The number of rotatable bonds is 4. The highest BCUT2D eigenvalue weighted by atomic mass is 19.1. The number of aromatic nitrogens is 5. The van der Waals surface area contributed by atoms with Crippen molar-refractivity contribution < 1.29 is 13.6 Å². The minimum absolute atomic E-state index is 0.135. The third kappa shape index (κ3) is 4.31. The van der Waals surface area contributed by atoms with Crippen molar-refractivity contribution in [3.8, 4) is 0 Å². The summed E-state index contributed by atoms with van der Waals surface area (Å²) in [6, 6.07) is 9.47. The molecule has 0 radical (unpaired) electrons. The van der Waals surface area contributed by atoms with Gasteiger partial charge >= 0.3 is 0 Å². The Labute approximate surface area is 199 Å². The van der Waals surface area contributed by atoms with Crippen LogP contribution in [0.3, 0.4) is 0 Å². The highest BCUT2D eigenvalue weighted by Gasteiger charge is 2.30. The van der Waals surface area contributed by atoms with Crippen LogP contribution >= 0.6 is 0 Å². The highest BCUT2D eigenvalue weighted by molar-refractivity contribution is 5.94. The summed E-state index contributed by atoms with van der Waals surface area (Å²) in [4.78, 5) is 34.5. The molecule has 1 aliphatic rings. The second-order valence-corrected chi connectivity index (χ2v) is 8.99. The van der Waals surface area contributed by atoms with Crippen LogP contribution in [0.4, 0.5) is 8.78 Å². The lowest BCUT2D eigenvalue weighted by Gasteiger charge is -2.32. The number of fused-ring (bicyclic) bond motifs is 1. The number of nitrogens with one attached hydrogen (secondary N) is 1. The molecule has 8 nitrogen and oxygen atoms in total. The molecule has 1 aliphatic heterocycles. The molecule has 3 heterocycles. The molecule has 10 heteroatoms. The largest absolute Gasteiger partial charge is 0.338 e. The Morgan fingerprint density at radius 3 is 2.71 bits per heavy atom. The summed E-state index contributed by atoms with van der Waals surface area (Å²) in [7, 11) is 0. The SMILES string of the molecule is Cc1ccc(C)c(Cn2nnc3c(=O)[nH]c([C@@H]4CCCN(C(=O)c5c(F)cccc5F)C4)nc32)c1. The third-order valence-corrected chi connectivity index (χ3v) is 6.49. The molecule has 1 fully saturated rings. The quantitative estimate of drug-likeness (QED) is 0.485. The van der Waals surface area contributed by atoms with Crippen molar-refractivity contribution in [3.05, 3.63) is 86.5 Å². The van der Waals surface area contributed by atoms with E-state index in [2.05, 4.69) is 26.3 Å². The molecule has 1 amide bonds. The number of aromatic amines is 1. The van der Waals surface area contributed by atoms with Crippen LogP contribution in [0.2, 0.25) is 0 Å². The van der Waals surface area contributed by atoms with Crippen LogP contribution in [0.15, 0.2) is 41.2 Å². The maximum absolute atomic E-state index is 14.2. The number of aryl methyl sites for hydroxylation is 2. The lowest BCUT2D eigenvalue weighted by molar-refractivity contribution is 0.0694. The monoisotopic (exact) mass is 478 g/mol. The zero-order valence-electron chi connectivity index (χ0n) is 19.4. The lowest BCUT2D eigenvalue weighted by Crippen LogP contribution is -2.40. The molecule has 1 atom stereocenters. The van der Waals surface area contributed by atoms with E-state index < -0.39 is 28.7 Å². The van der Waals surface area contributed by atoms with Crippen LogP contribution in [0.5, 0.6) is 0 Å². The summed E-state index contributed by atoms with van der Waals surface area (Å²) >= 11 is 0. The number of carbonyl (C=O) groups is 1. The van der Waals surface area contributed by atoms with Crippen LogP contribution in [0.25, 0.3) is 11.2 Å². The number of likely N-dealkylation sites (tertiary alicyclic amines) is 1. The number of piperidine rings is 1. The fourth-order valence-corrected chi connectivity index (χ4v) is 4.56. The molecule has 0 unspecified atom stereocenters. The van der Waals surface area contributed by atoms with E-state index in [0.29, 0.717) is 37.4 Å². The molecular formula is C25H24F2N6O2. The Morgan fingerprint density at radius 2 is 1.94 bits per heavy atom. The maximum atomic E-state index is 14.2. The average molecular weight is 479 g/mol. The van der Waals surface area contributed by atoms with Gasteiger partial charge in [0.25, 0.3) is 11.5 Å². The second kappa shape index (κ2) is 9.01. The van der Waals surface area contributed by atoms with Gasteiger partial charge in [-0.15, -0.1) is 5.10 Å². The second-order valence-electron chi connectivity index (χ2n) is 8.99. The standard InChI is InChI=1S/C25H24F2N6O2/c1-14-8-9-15(2)17(11-14)13-33-23-21(30-31-33)24(34)29-22(28-23)16-5-4-10-32(12-16)25(35)20-18(26)6-3-7-19(20)27/h3,6-9,11,16H,4-5,10,12-13H2,1-2H3,(H,28,29,34)/t16-/m1/s1. The third-order valence-electron chi connectivity index (χ3n) is 6.49. The molecule has 0 spiro atoms. The fraction of sp³-hybridized carbons (Fsp3) is 0.320. The van der Waals surface area contributed by atoms with E-state index in [-0.39, 0.29) is 18.0 Å². The molecule has 0 bridgehead atoms. The van der Waals surface area contributed by atoms with Gasteiger partial charge in [-0.25, -0.2) is 18.4 Å². The van der Waals surface area contributed by atoms with Gasteiger partial charge in [0, 0.05) is 19.0 Å². The Bertz CT molecular complexity index is 1480. The van der Waals surface area contributed by atoms with Crippen molar-refractivity contribution in [2.24, 2.45) is 0 Å². The first-order valence-electron chi connectivity index (χ1n) is 11.4. The van der Waals surface area contributed by atoms with Crippen LogP contribution in [-0.4, -0.2) is 48.9 Å². The van der Waals surface area contributed by atoms with E-state index in [1.807, 2.05) is 26.0 Å². The summed E-state index contributed by atoms with van der Waals surface area (Å²) in [6.45, 7) is 4.96. The summed E-state index contributed by atoms with van der Waals surface area (Å²) in [6.07, 6.45) is 1.27. The summed E-state index contributed by atoms with van der Waals surface area (Å²) in [5, 5.41) is 8.16. The molecule has 1 saturated heterocycles.